The van der Waals surface area contributed by atoms with Gasteiger partial charge in [0.05, 0.1) is 32.2 Å². The number of hydrogen-bond acceptors (Lipinski definition) is 5. The number of para-hydroxylation sites is 3. The van der Waals surface area contributed by atoms with Gasteiger partial charge in [0.15, 0.2) is 0 Å². The van der Waals surface area contributed by atoms with E-state index < -0.39 is 43.8 Å². The normalized spacial score (nSPS) is 15.9. The average Bonchev–Trinajstić information content (AvgIpc) is 4.15. The van der Waals surface area contributed by atoms with Gasteiger partial charge in [0.2, 0.25) is 0 Å². The number of aryl methyl sites for hydroxylation is 1. The van der Waals surface area contributed by atoms with Gasteiger partial charge in [-0.3, -0.25) is 4.57 Å². The van der Waals surface area contributed by atoms with Crippen LogP contribution in [-0.4, -0.2) is 16.2 Å². The number of fused-ring (bicyclic) bond motifs is 5. The van der Waals surface area contributed by atoms with Crippen molar-refractivity contribution in [2.24, 2.45) is 5.92 Å². The highest BCUT2D eigenvalue weighted by Crippen LogP contribution is 2.51. The molecule has 0 spiro atoms. The Bertz CT molecular complexity index is 4020. The standard InChI is InChI=1S/C60H48N4O2/c1-38(2)28-41-31-50(42-14-6-5-7-15-42)60-51(32-41)43-16-12-18-45(33-43)66-58-23-11-8-20-49(58)53-36-61-59(30-40(53)4)64-54-27-24-39(3)29-52(54)48-26-25-47(35-57(48)64)65-46-19-13-17-44(34-46)62-37-63(60)56-22-10-9-21-55(56)62/h5-27,29-36,38H,28,37H2,1-4H3/i3D3,4D3,24D,27D,28D2,29D. The third-order valence-corrected chi connectivity index (χ3v) is 12.2. The van der Waals surface area contributed by atoms with E-state index in [0.29, 0.717) is 51.7 Å². The molecular weight excluding hydrogens is 809 g/mol. The van der Waals surface area contributed by atoms with Crippen molar-refractivity contribution in [3.63, 3.8) is 0 Å². The minimum atomic E-state index is -2.89. The third-order valence-electron chi connectivity index (χ3n) is 12.2. The quantitative estimate of drug-likeness (QED) is 0.177. The first-order chi connectivity index (χ1) is 36.8. The molecule has 6 heteroatoms. The van der Waals surface area contributed by atoms with Gasteiger partial charge in [0.25, 0.3) is 0 Å². The lowest BCUT2D eigenvalue weighted by atomic mass is 9.90. The molecule has 0 unspecified atom stereocenters. The molecule has 13 rings (SSSR count). The predicted molar refractivity (Wildman–Crippen MR) is 272 cm³/mol. The van der Waals surface area contributed by atoms with E-state index in [-0.39, 0.29) is 33.8 Å². The van der Waals surface area contributed by atoms with E-state index in [4.69, 9.17) is 24.1 Å². The van der Waals surface area contributed by atoms with Gasteiger partial charge >= 0.3 is 0 Å². The summed E-state index contributed by atoms with van der Waals surface area (Å²) in [5.41, 5.74) is 7.51. The van der Waals surface area contributed by atoms with Crippen molar-refractivity contribution in [3.05, 3.63) is 205 Å². The molecule has 0 amide bonds. The van der Waals surface area contributed by atoms with Crippen molar-refractivity contribution >= 4 is 44.6 Å². The van der Waals surface area contributed by atoms with Crippen LogP contribution in [0, 0.1) is 19.6 Å². The Morgan fingerprint density at radius 1 is 0.621 bits per heavy atom. The summed E-state index contributed by atoms with van der Waals surface area (Å²) in [5.74, 6) is 1.23. The summed E-state index contributed by atoms with van der Waals surface area (Å²) < 4.78 is 113. The summed E-state index contributed by atoms with van der Waals surface area (Å²) in [6.07, 6.45) is -0.298. The van der Waals surface area contributed by atoms with Crippen LogP contribution in [0.25, 0.3) is 61.0 Å². The second-order valence-electron chi connectivity index (χ2n) is 16.9. The van der Waals surface area contributed by atoms with Gasteiger partial charge in [0.1, 0.15) is 35.5 Å². The Morgan fingerprint density at radius 2 is 1.36 bits per heavy atom. The number of pyridine rings is 1. The molecule has 6 nitrogen and oxygen atoms in total. The molecule has 0 N–H and O–H groups in total. The van der Waals surface area contributed by atoms with Crippen LogP contribution >= 0.6 is 0 Å². The summed E-state index contributed by atoms with van der Waals surface area (Å²) in [6.45, 7) is -1.53. The molecule has 3 aliphatic heterocycles. The van der Waals surface area contributed by atoms with Gasteiger partial charge < -0.3 is 19.3 Å². The second kappa shape index (κ2) is 15.9. The summed E-state index contributed by atoms with van der Waals surface area (Å²) >= 11 is 0. The van der Waals surface area contributed by atoms with Crippen LogP contribution in [0.2, 0.25) is 0 Å². The Labute approximate surface area is 401 Å². The van der Waals surface area contributed by atoms with Crippen molar-refractivity contribution in [3.8, 4) is 62.2 Å². The number of benzene rings is 8. The maximum atomic E-state index is 9.49. The molecular formula is C60H48N4O2. The Hall–Kier alpha value is -8.09. The third kappa shape index (κ3) is 6.85. The minimum Gasteiger partial charge on any atom is -0.457 e. The van der Waals surface area contributed by atoms with Crippen molar-refractivity contribution in [1.29, 1.82) is 0 Å². The molecule has 10 bridgehead atoms. The van der Waals surface area contributed by atoms with Crippen LogP contribution in [0.15, 0.2) is 188 Å². The highest BCUT2D eigenvalue weighted by atomic mass is 16.5. The van der Waals surface area contributed by atoms with E-state index in [9.17, 15) is 5.48 Å². The maximum absolute atomic E-state index is 9.49. The van der Waals surface area contributed by atoms with Gasteiger partial charge in [-0.05, 0) is 133 Å². The topological polar surface area (TPSA) is 42.8 Å². The minimum absolute atomic E-state index is 0.00849. The highest BCUT2D eigenvalue weighted by Gasteiger charge is 2.32. The molecule has 0 radical (unpaired) electrons. The van der Waals surface area contributed by atoms with Gasteiger partial charge in [-0.15, -0.1) is 0 Å². The van der Waals surface area contributed by atoms with Crippen LogP contribution in [0.5, 0.6) is 23.0 Å². The van der Waals surface area contributed by atoms with Crippen LogP contribution in [-0.2, 0) is 6.37 Å². The highest BCUT2D eigenvalue weighted by molar-refractivity contribution is 6.10. The summed E-state index contributed by atoms with van der Waals surface area (Å²) in [7, 11) is 0. The lowest BCUT2D eigenvalue weighted by Gasteiger charge is -2.28. The zero-order chi connectivity index (χ0) is 53.9. The van der Waals surface area contributed by atoms with E-state index >= 15 is 0 Å². The number of aromatic nitrogens is 2. The molecule has 10 aromatic rings. The van der Waals surface area contributed by atoms with Gasteiger partial charge in [-0.1, -0.05) is 104 Å². The largest absolute Gasteiger partial charge is 0.457 e. The van der Waals surface area contributed by atoms with Crippen LogP contribution in [0.1, 0.15) is 45.6 Å². The molecule has 0 atom stereocenters. The van der Waals surface area contributed by atoms with E-state index in [0.717, 1.165) is 45.0 Å². The number of nitrogens with zero attached hydrogens (tertiary/aromatic N) is 4. The predicted octanol–water partition coefficient (Wildman–Crippen LogP) is 16.1. The first-order valence-electron chi connectivity index (χ1n) is 27.4. The van der Waals surface area contributed by atoms with E-state index in [1.165, 1.54) is 16.8 Å². The van der Waals surface area contributed by atoms with Gasteiger partial charge in [0, 0.05) is 68.0 Å². The lowest BCUT2D eigenvalue weighted by Crippen LogP contribution is -2.25. The second-order valence-corrected chi connectivity index (χ2v) is 16.9. The molecule has 8 aromatic carbocycles. The molecule has 0 saturated heterocycles. The molecule has 3 aliphatic rings. The molecule has 0 fully saturated rings. The summed E-state index contributed by atoms with van der Waals surface area (Å²) in [6, 6.07) is 49.2. The SMILES string of the molecule is [2H]c1c(C([2H])([2H])[2H])c([2H])c2c3ccc4cc3n(c2c1[2H])-c1cc(C([2H])([2H])[2H])c(cn1)-c1ccccc1Oc1cccc(c1)-c1cc(C([2H])([2H])C(C)C)cc(-c2ccccc2)c1N1CN(c2cccc(c2)O4)c2ccccc21. The average molecular weight is 868 g/mol. The van der Waals surface area contributed by atoms with E-state index in [1.54, 1.807) is 42.5 Å². The molecule has 66 heavy (non-hydrogen) atoms. The maximum Gasteiger partial charge on any atom is 0.137 e. The van der Waals surface area contributed by atoms with E-state index in [1.807, 2.05) is 117 Å². The molecule has 0 aliphatic carbocycles. The number of rotatable bonds is 3. The van der Waals surface area contributed by atoms with E-state index in [2.05, 4.69) is 21.9 Å². The van der Waals surface area contributed by atoms with Crippen molar-refractivity contribution in [1.82, 2.24) is 9.55 Å². The fourth-order valence-electron chi connectivity index (χ4n) is 9.38. The first kappa shape index (κ1) is 29.4. The summed E-state index contributed by atoms with van der Waals surface area (Å²) in [5, 5.41) is 0.461. The van der Waals surface area contributed by atoms with Crippen LogP contribution in [0.4, 0.5) is 22.7 Å². The monoisotopic (exact) mass is 867 g/mol. The first-order valence-corrected chi connectivity index (χ1v) is 21.9. The van der Waals surface area contributed by atoms with Crippen LogP contribution in [0.3, 0.4) is 0 Å². The van der Waals surface area contributed by atoms with Gasteiger partial charge in [-0.2, -0.15) is 0 Å². The fourth-order valence-corrected chi connectivity index (χ4v) is 9.38. The fraction of sp³-hybridized carbons (Fsp3) is 0.117. The summed E-state index contributed by atoms with van der Waals surface area (Å²) in [4.78, 5) is 9.32. The van der Waals surface area contributed by atoms with Gasteiger partial charge in [-0.25, -0.2) is 4.98 Å². The number of anilines is 4. The number of hydrogen-bond donors (Lipinski definition) is 0. The van der Waals surface area contributed by atoms with Crippen molar-refractivity contribution in [2.45, 2.75) is 33.9 Å². The molecule has 2 aromatic heterocycles. The zero-order valence-electron chi connectivity index (χ0n) is 47.1. The van der Waals surface area contributed by atoms with Crippen molar-refractivity contribution < 1.29 is 24.6 Å². The molecule has 0 saturated carbocycles. The Kier molecular flexibility index (Phi) is 7.06. The van der Waals surface area contributed by atoms with Crippen LogP contribution < -0.4 is 19.3 Å². The molecule has 5 heterocycles. The smallest absolute Gasteiger partial charge is 0.137 e. The lowest BCUT2D eigenvalue weighted by molar-refractivity contribution is 0.483. The zero-order valence-corrected chi connectivity index (χ0v) is 36.1. The molecule has 320 valence electrons. The number of ether oxygens (including phenoxy) is 2. The Morgan fingerprint density at radius 3 is 2.20 bits per heavy atom. The van der Waals surface area contributed by atoms with Crippen molar-refractivity contribution in [2.75, 3.05) is 16.5 Å². The Balaban J connectivity index is 1.15.